The molecular weight excluding hydrogens is 446 g/mol. The highest BCUT2D eigenvalue weighted by molar-refractivity contribution is 7.91. The van der Waals surface area contributed by atoms with Crippen LogP contribution < -0.4 is 0 Å². The summed E-state index contributed by atoms with van der Waals surface area (Å²) in [5, 5.41) is 0. The number of piperidine rings is 1. The smallest absolute Gasteiger partial charge is 0.226 e. The predicted molar refractivity (Wildman–Crippen MR) is 134 cm³/mol. The van der Waals surface area contributed by atoms with Crippen molar-refractivity contribution in [1.82, 2.24) is 14.5 Å². The number of carbonyl (C=O) groups is 1. The summed E-state index contributed by atoms with van der Waals surface area (Å²) in [6.07, 6.45) is 5.70. The zero-order chi connectivity index (χ0) is 24.3. The minimum Gasteiger partial charge on any atom is -0.342 e. The fourth-order valence-electron chi connectivity index (χ4n) is 4.80. The number of aryl methyl sites for hydroxylation is 4. The van der Waals surface area contributed by atoms with Gasteiger partial charge in [0.25, 0.3) is 0 Å². The summed E-state index contributed by atoms with van der Waals surface area (Å²) >= 11 is 0. The van der Waals surface area contributed by atoms with E-state index in [2.05, 4.69) is 37.0 Å². The van der Waals surface area contributed by atoms with Crippen molar-refractivity contribution < 1.29 is 13.2 Å². The van der Waals surface area contributed by atoms with Crippen molar-refractivity contribution in [2.75, 3.05) is 18.8 Å². The Bertz CT molecular complexity index is 1230. The first-order valence-electron chi connectivity index (χ1n) is 11.9. The molecule has 4 rings (SSSR count). The fourth-order valence-corrected chi connectivity index (χ4v) is 6.02. The Morgan fingerprint density at radius 1 is 0.971 bits per heavy atom. The van der Waals surface area contributed by atoms with E-state index in [9.17, 15) is 13.2 Å². The molecule has 1 saturated heterocycles. The van der Waals surface area contributed by atoms with Crippen molar-refractivity contribution in [2.24, 2.45) is 0 Å². The maximum Gasteiger partial charge on any atom is 0.226 e. The lowest BCUT2D eigenvalue weighted by Crippen LogP contribution is -2.39. The predicted octanol–water partition coefficient (Wildman–Crippen LogP) is 4.23. The van der Waals surface area contributed by atoms with E-state index < -0.39 is 9.84 Å². The van der Waals surface area contributed by atoms with Crippen molar-refractivity contribution in [1.29, 1.82) is 0 Å². The number of rotatable bonds is 7. The molecule has 0 aliphatic carbocycles. The van der Waals surface area contributed by atoms with Gasteiger partial charge in [0.2, 0.25) is 5.91 Å². The van der Waals surface area contributed by atoms with Crippen LogP contribution in [0.5, 0.6) is 0 Å². The lowest BCUT2D eigenvalue weighted by atomic mass is 9.95. The van der Waals surface area contributed by atoms with Crippen LogP contribution in [0.25, 0.3) is 0 Å². The molecule has 180 valence electrons. The standard InChI is InChI=1S/C27H33N3O3S/c1-20-4-6-25(7-5-20)34(32,33)15-14-30-13-10-28-27(30)24-8-11-29(12-9-24)26(31)19-23-17-21(2)16-22(3)18-23/h4-7,10,13,16-18,24H,8-9,11-12,14-15,19H2,1-3H3. The first kappa shape index (κ1) is 24.2. The van der Waals surface area contributed by atoms with Gasteiger partial charge < -0.3 is 9.47 Å². The second-order valence-electron chi connectivity index (χ2n) is 9.44. The molecule has 1 aliphatic rings. The molecule has 7 heteroatoms. The average molecular weight is 480 g/mol. The van der Waals surface area contributed by atoms with Gasteiger partial charge in [0.15, 0.2) is 9.84 Å². The van der Waals surface area contributed by atoms with Crippen molar-refractivity contribution >= 4 is 15.7 Å². The summed E-state index contributed by atoms with van der Waals surface area (Å²) in [6.45, 7) is 7.82. The summed E-state index contributed by atoms with van der Waals surface area (Å²) in [4.78, 5) is 19.7. The first-order chi connectivity index (χ1) is 16.2. The maximum absolute atomic E-state index is 12.9. The summed E-state index contributed by atoms with van der Waals surface area (Å²) in [6, 6.07) is 13.3. The third-order valence-corrected chi connectivity index (χ3v) is 8.29. The third kappa shape index (κ3) is 5.76. The zero-order valence-corrected chi connectivity index (χ0v) is 21.0. The Kier molecular flexibility index (Phi) is 7.22. The normalized spacial score (nSPS) is 15.0. The molecule has 0 bridgehead atoms. The highest BCUT2D eigenvalue weighted by atomic mass is 32.2. The number of hydrogen-bond donors (Lipinski definition) is 0. The minimum atomic E-state index is -3.36. The molecule has 2 aromatic carbocycles. The highest BCUT2D eigenvalue weighted by Gasteiger charge is 2.27. The Morgan fingerprint density at radius 3 is 2.26 bits per heavy atom. The summed E-state index contributed by atoms with van der Waals surface area (Å²) in [5.74, 6) is 1.34. The van der Waals surface area contributed by atoms with Crippen LogP contribution in [-0.4, -0.2) is 47.6 Å². The van der Waals surface area contributed by atoms with Crippen LogP contribution in [0.1, 0.15) is 46.8 Å². The topological polar surface area (TPSA) is 72.3 Å². The number of imidazole rings is 1. The van der Waals surface area contributed by atoms with Crippen molar-refractivity contribution in [3.63, 3.8) is 0 Å². The van der Waals surface area contributed by atoms with Crippen molar-refractivity contribution in [3.8, 4) is 0 Å². The number of amides is 1. The van der Waals surface area contributed by atoms with E-state index in [-0.39, 0.29) is 17.6 Å². The van der Waals surface area contributed by atoms with Gasteiger partial charge in [-0.2, -0.15) is 0 Å². The SMILES string of the molecule is Cc1ccc(S(=O)(=O)CCn2ccnc2C2CCN(C(=O)Cc3cc(C)cc(C)c3)CC2)cc1. The van der Waals surface area contributed by atoms with E-state index >= 15 is 0 Å². The van der Waals surface area contributed by atoms with E-state index in [0.29, 0.717) is 31.0 Å². The maximum atomic E-state index is 12.9. The van der Waals surface area contributed by atoms with Crippen molar-refractivity contribution in [3.05, 3.63) is 82.9 Å². The quantitative estimate of drug-likeness (QED) is 0.508. The minimum absolute atomic E-state index is 0.0344. The molecule has 6 nitrogen and oxygen atoms in total. The van der Waals surface area contributed by atoms with Gasteiger partial charge in [-0.1, -0.05) is 47.0 Å². The molecule has 0 radical (unpaired) electrons. The van der Waals surface area contributed by atoms with E-state index in [0.717, 1.165) is 29.8 Å². The molecule has 1 aromatic heterocycles. The van der Waals surface area contributed by atoms with Gasteiger partial charge in [-0.3, -0.25) is 4.79 Å². The van der Waals surface area contributed by atoms with Gasteiger partial charge >= 0.3 is 0 Å². The number of hydrogen-bond acceptors (Lipinski definition) is 4. The number of likely N-dealkylation sites (tertiary alicyclic amines) is 1. The first-order valence-corrected chi connectivity index (χ1v) is 13.5. The van der Waals surface area contributed by atoms with Crippen molar-refractivity contribution in [2.45, 2.75) is 57.4 Å². The van der Waals surface area contributed by atoms with Gasteiger partial charge in [-0.25, -0.2) is 13.4 Å². The molecule has 1 fully saturated rings. The average Bonchev–Trinajstić information content (AvgIpc) is 3.26. The summed E-state index contributed by atoms with van der Waals surface area (Å²) in [5.41, 5.74) is 4.46. The van der Waals surface area contributed by atoms with Crippen LogP contribution in [0.2, 0.25) is 0 Å². The van der Waals surface area contributed by atoms with Crippen LogP contribution in [0, 0.1) is 20.8 Å². The van der Waals surface area contributed by atoms with Gasteiger partial charge in [-0.15, -0.1) is 0 Å². The number of benzene rings is 2. The summed E-state index contributed by atoms with van der Waals surface area (Å²) < 4.78 is 27.5. The molecule has 34 heavy (non-hydrogen) atoms. The van der Waals surface area contributed by atoms with Crippen LogP contribution in [0.15, 0.2) is 59.8 Å². The van der Waals surface area contributed by atoms with Gasteiger partial charge in [0, 0.05) is 37.9 Å². The second kappa shape index (κ2) is 10.1. The number of carbonyl (C=O) groups excluding carboxylic acids is 1. The molecule has 1 aliphatic heterocycles. The van der Waals surface area contributed by atoms with E-state index in [4.69, 9.17) is 0 Å². The summed E-state index contributed by atoms with van der Waals surface area (Å²) in [7, 11) is -3.36. The Morgan fingerprint density at radius 2 is 1.62 bits per heavy atom. The monoisotopic (exact) mass is 479 g/mol. The number of nitrogens with zero attached hydrogens (tertiary/aromatic N) is 3. The Balaban J connectivity index is 1.34. The number of sulfone groups is 1. The molecule has 0 spiro atoms. The lowest BCUT2D eigenvalue weighted by Gasteiger charge is -2.32. The molecule has 0 saturated carbocycles. The second-order valence-corrected chi connectivity index (χ2v) is 11.5. The lowest BCUT2D eigenvalue weighted by molar-refractivity contribution is -0.131. The molecule has 0 N–H and O–H groups in total. The largest absolute Gasteiger partial charge is 0.342 e. The van der Waals surface area contributed by atoms with Crippen LogP contribution in [0.4, 0.5) is 0 Å². The van der Waals surface area contributed by atoms with E-state index in [1.807, 2.05) is 34.7 Å². The van der Waals surface area contributed by atoms with E-state index in [1.54, 1.807) is 18.3 Å². The fraction of sp³-hybridized carbons (Fsp3) is 0.407. The third-order valence-electron chi connectivity index (χ3n) is 6.58. The Labute approximate surface area is 202 Å². The molecule has 0 atom stereocenters. The molecule has 0 unspecified atom stereocenters. The van der Waals surface area contributed by atoms with Gasteiger partial charge in [-0.05, 0) is 51.3 Å². The zero-order valence-electron chi connectivity index (χ0n) is 20.2. The van der Waals surface area contributed by atoms with Crippen LogP contribution in [0.3, 0.4) is 0 Å². The van der Waals surface area contributed by atoms with Crippen LogP contribution in [-0.2, 0) is 27.6 Å². The van der Waals surface area contributed by atoms with E-state index in [1.165, 1.54) is 11.1 Å². The molecular formula is C27H33N3O3S. The van der Waals surface area contributed by atoms with Gasteiger partial charge in [0.1, 0.15) is 5.82 Å². The van der Waals surface area contributed by atoms with Gasteiger partial charge in [0.05, 0.1) is 17.1 Å². The molecule has 2 heterocycles. The Hall–Kier alpha value is -2.93. The molecule has 1 amide bonds. The number of aromatic nitrogens is 2. The highest BCUT2D eigenvalue weighted by Crippen LogP contribution is 2.27. The molecule has 3 aromatic rings. The van der Waals surface area contributed by atoms with Crippen LogP contribution >= 0.6 is 0 Å².